The van der Waals surface area contributed by atoms with E-state index in [1.807, 2.05) is 15.6 Å². The van der Waals surface area contributed by atoms with Crippen molar-refractivity contribution in [2.75, 3.05) is 20.2 Å². The molecule has 2 aliphatic heterocycles. The Bertz CT molecular complexity index is 981. The Hall–Kier alpha value is -2.87. The van der Waals surface area contributed by atoms with Gasteiger partial charge in [0.25, 0.3) is 5.91 Å². The number of aryl methyl sites for hydroxylation is 2. The molecule has 2 fully saturated rings. The number of fused-ring (bicyclic) bond motifs is 2. The van der Waals surface area contributed by atoms with Gasteiger partial charge in [-0.1, -0.05) is 12.1 Å². The van der Waals surface area contributed by atoms with Crippen LogP contribution in [-0.2, 0) is 17.7 Å². The molecule has 0 spiro atoms. The SMILES string of the molecule is COC(=O)c1ccccc1O[C@@H]1C[C@@H]2CN(C(=O)c3cc4n(n3)CCC4)C[C@@H]2C[C@H]1O. The summed E-state index contributed by atoms with van der Waals surface area (Å²) in [6.07, 6.45) is 2.17. The molecule has 4 atom stereocenters. The predicted molar refractivity (Wildman–Crippen MR) is 111 cm³/mol. The number of hydrogen-bond acceptors (Lipinski definition) is 6. The van der Waals surface area contributed by atoms with Gasteiger partial charge in [-0.25, -0.2) is 4.79 Å². The molecule has 1 N–H and O–H groups in total. The molecular weight excluding hydrogens is 398 g/mol. The first-order chi connectivity index (χ1) is 15.0. The lowest BCUT2D eigenvalue weighted by Gasteiger charge is -2.35. The second-order valence-electron chi connectivity index (χ2n) is 8.76. The molecule has 1 aliphatic carbocycles. The zero-order chi connectivity index (χ0) is 21.5. The predicted octanol–water partition coefficient (Wildman–Crippen LogP) is 1.91. The number of hydrogen-bond donors (Lipinski definition) is 1. The molecular formula is C23H27N3O5. The lowest BCUT2D eigenvalue weighted by molar-refractivity contribution is -0.0237. The van der Waals surface area contributed by atoms with Crippen LogP contribution in [0.1, 0.15) is 45.8 Å². The Kier molecular flexibility index (Phi) is 5.17. The maximum absolute atomic E-state index is 13.0. The topological polar surface area (TPSA) is 93.9 Å². The van der Waals surface area contributed by atoms with Crippen molar-refractivity contribution in [1.29, 1.82) is 0 Å². The van der Waals surface area contributed by atoms with Gasteiger partial charge in [-0.05, 0) is 55.7 Å². The van der Waals surface area contributed by atoms with E-state index < -0.39 is 18.2 Å². The lowest BCUT2D eigenvalue weighted by atomic mass is 9.78. The van der Waals surface area contributed by atoms with E-state index in [0.717, 1.165) is 25.1 Å². The van der Waals surface area contributed by atoms with Crippen LogP contribution in [0.5, 0.6) is 5.75 Å². The van der Waals surface area contributed by atoms with Gasteiger partial charge in [-0.3, -0.25) is 9.48 Å². The maximum atomic E-state index is 13.0. The van der Waals surface area contributed by atoms with Crippen LogP contribution >= 0.6 is 0 Å². The highest BCUT2D eigenvalue weighted by Crippen LogP contribution is 2.39. The Morgan fingerprint density at radius 1 is 1.16 bits per heavy atom. The third-order valence-electron chi connectivity index (χ3n) is 6.83. The van der Waals surface area contributed by atoms with Gasteiger partial charge >= 0.3 is 5.97 Å². The van der Waals surface area contributed by atoms with E-state index in [1.165, 1.54) is 7.11 Å². The van der Waals surface area contributed by atoms with E-state index in [4.69, 9.17) is 9.47 Å². The van der Waals surface area contributed by atoms with E-state index in [1.54, 1.807) is 24.3 Å². The van der Waals surface area contributed by atoms with Crippen LogP contribution in [0.15, 0.2) is 30.3 Å². The number of methoxy groups -OCH3 is 1. The number of aromatic nitrogens is 2. The lowest BCUT2D eigenvalue weighted by Crippen LogP contribution is -2.42. The monoisotopic (exact) mass is 425 g/mol. The number of likely N-dealkylation sites (tertiary alicyclic amines) is 1. The van der Waals surface area contributed by atoms with Gasteiger partial charge in [0.15, 0.2) is 5.69 Å². The van der Waals surface area contributed by atoms with Crippen molar-refractivity contribution in [2.24, 2.45) is 11.8 Å². The number of rotatable bonds is 4. The van der Waals surface area contributed by atoms with Crippen LogP contribution in [0, 0.1) is 11.8 Å². The number of carbonyl (C=O) groups excluding carboxylic acids is 2. The van der Waals surface area contributed by atoms with Crippen LogP contribution in [0.3, 0.4) is 0 Å². The molecule has 0 radical (unpaired) electrons. The van der Waals surface area contributed by atoms with Crippen molar-refractivity contribution in [3.63, 3.8) is 0 Å². The fourth-order valence-corrected chi connectivity index (χ4v) is 5.22. The molecule has 8 heteroatoms. The molecule has 0 bridgehead atoms. The average Bonchev–Trinajstić information content (AvgIpc) is 3.48. The molecule has 164 valence electrons. The number of carbonyl (C=O) groups is 2. The van der Waals surface area contributed by atoms with Gasteiger partial charge in [0.05, 0.1) is 13.2 Å². The molecule has 5 rings (SSSR count). The van der Waals surface area contributed by atoms with E-state index >= 15 is 0 Å². The number of benzene rings is 1. The average molecular weight is 425 g/mol. The number of esters is 1. The molecule has 1 aromatic heterocycles. The largest absolute Gasteiger partial charge is 0.487 e. The molecule has 1 saturated carbocycles. The van der Waals surface area contributed by atoms with Crippen molar-refractivity contribution < 1.29 is 24.2 Å². The van der Waals surface area contributed by atoms with Gasteiger partial charge < -0.3 is 19.5 Å². The second-order valence-corrected chi connectivity index (χ2v) is 8.76. The second kappa shape index (κ2) is 8.00. The Morgan fingerprint density at radius 2 is 1.94 bits per heavy atom. The molecule has 1 aromatic carbocycles. The molecule has 2 aromatic rings. The summed E-state index contributed by atoms with van der Waals surface area (Å²) in [6.45, 7) is 2.15. The Balaban J connectivity index is 1.27. The third kappa shape index (κ3) is 3.69. The minimum Gasteiger partial charge on any atom is -0.487 e. The van der Waals surface area contributed by atoms with Crippen molar-refractivity contribution in [3.8, 4) is 5.75 Å². The van der Waals surface area contributed by atoms with Crippen LogP contribution in [0.4, 0.5) is 0 Å². The minimum atomic E-state index is -0.654. The molecule has 8 nitrogen and oxygen atoms in total. The van der Waals surface area contributed by atoms with Gasteiger partial charge in [-0.2, -0.15) is 5.10 Å². The zero-order valence-electron chi connectivity index (χ0n) is 17.6. The summed E-state index contributed by atoms with van der Waals surface area (Å²) in [4.78, 5) is 26.9. The van der Waals surface area contributed by atoms with Gasteiger partial charge in [0, 0.05) is 25.3 Å². The number of nitrogens with zero attached hydrogens (tertiary/aromatic N) is 3. The first kappa shape index (κ1) is 20.1. The highest BCUT2D eigenvalue weighted by Gasteiger charge is 2.44. The fourth-order valence-electron chi connectivity index (χ4n) is 5.22. The first-order valence-electron chi connectivity index (χ1n) is 10.9. The number of ether oxygens (including phenoxy) is 2. The van der Waals surface area contributed by atoms with Gasteiger partial charge in [0.2, 0.25) is 0 Å². The Morgan fingerprint density at radius 3 is 2.71 bits per heavy atom. The maximum Gasteiger partial charge on any atom is 0.341 e. The summed E-state index contributed by atoms with van der Waals surface area (Å²) in [5.74, 6) is 0.402. The smallest absolute Gasteiger partial charge is 0.341 e. The summed E-state index contributed by atoms with van der Waals surface area (Å²) < 4.78 is 12.8. The van der Waals surface area contributed by atoms with Crippen LogP contribution in [-0.4, -0.2) is 64.1 Å². The number of aliphatic hydroxyl groups excluding tert-OH is 1. The van der Waals surface area contributed by atoms with Crippen molar-refractivity contribution in [1.82, 2.24) is 14.7 Å². The summed E-state index contributed by atoms with van der Waals surface area (Å²) in [7, 11) is 1.33. The molecule has 1 amide bonds. The van der Waals surface area contributed by atoms with Crippen LogP contribution in [0.2, 0.25) is 0 Å². The van der Waals surface area contributed by atoms with Crippen LogP contribution < -0.4 is 4.74 Å². The molecule has 3 aliphatic rings. The quantitative estimate of drug-likeness (QED) is 0.752. The van der Waals surface area contributed by atoms with Crippen molar-refractivity contribution >= 4 is 11.9 Å². The standard InChI is InChI=1S/C23H27N3O5/c1-30-23(29)17-6-2-3-7-20(17)31-21-10-15-13-25(12-14(15)9-19(21)27)22(28)18-11-16-5-4-8-26(16)24-18/h2-3,6-7,11,14-15,19,21,27H,4-5,8-10,12-13H2,1H3/t14-,15+,19+,21+/m0/s1. The number of aliphatic hydroxyl groups is 1. The third-order valence-corrected chi connectivity index (χ3v) is 6.83. The van der Waals surface area contributed by atoms with Gasteiger partial charge in [0.1, 0.15) is 17.4 Å². The highest BCUT2D eigenvalue weighted by atomic mass is 16.5. The van der Waals surface area contributed by atoms with E-state index in [2.05, 4.69) is 5.10 Å². The fraction of sp³-hybridized carbons (Fsp3) is 0.522. The molecule has 3 heterocycles. The molecule has 1 saturated heterocycles. The summed E-state index contributed by atoms with van der Waals surface area (Å²) in [6, 6.07) is 8.82. The normalized spacial score (nSPS) is 27.0. The summed E-state index contributed by atoms with van der Waals surface area (Å²) in [5, 5.41) is 15.2. The summed E-state index contributed by atoms with van der Waals surface area (Å²) >= 11 is 0. The first-order valence-corrected chi connectivity index (χ1v) is 10.9. The van der Waals surface area contributed by atoms with Gasteiger partial charge in [-0.15, -0.1) is 0 Å². The number of para-hydroxylation sites is 1. The van der Waals surface area contributed by atoms with Crippen molar-refractivity contribution in [2.45, 2.75) is 44.4 Å². The van der Waals surface area contributed by atoms with E-state index in [9.17, 15) is 14.7 Å². The van der Waals surface area contributed by atoms with Crippen molar-refractivity contribution in [3.05, 3.63) is 47.3 Å². The van der Waals surface area contributed by atoms with E-state index in [-0.39, 0.29) is 17.7 Å². The zero-order valence-corrected chi connectivity index (χ0v) is 17.6. The molecule has 31 heavy (non-hydrogen) atoms. The van der Waals surface area contributed by atoms with Crippen LogP contribution in [0.25, 0.3) is 0 Å². The number of amides is 1. The highest BCUT2D eigenvalue weighted by molar-refractivity contribution is 5.93. The molecule has 0 unspecified atom stereocenters. The Labute approximate surface area is 180 Å². The summed E-state index contributed by atoms with van der Waals surface area (Å²) in [5.41, 5.74) is 2.00. The minimum absolute atomic E-state index is 0.0284. The van der Waals surface area contributed by atoms with E-state index in [0.29, 0.717) is 42.9 Å².